The van der Waals surface area contributed by atoms with Gasteiger partial charge in [0.2, 0.25) is 5.91 Å². The lowest BCUT2D eigenvalue weighted by molar-refractivity contribution is -0.142. The fourth-order valence-corrected chi connectivity index (χ4v) is 2.24. The molecule has 0 aromatic heterocycles. The zero-order valence-corrected chi connectivity index (χ0v) is 13.5. The Bertz CT molecular complexity index is 525. The van der Waals surface area contributed by atoms with Gasteiger partial charge in [0.15, 0.2) is 0 Å². The molecule has 1 aromatic rings. The third-order valence-corrected chi connectivity index (χ3v) is 3.66. The summed E-state index contributed by atoms with van der Waals surface area (Å²) in [6.07, 6.45) is 0. The highest BCUT2D eigenvalue weighted by molar-refractivity contribution is 9.10. The lowest BCUT2D eigenvalue weighted by Crippen LogP contribution is -2.42. The van der Waals surface area contributed by atoms with E-state index in [2.05, 4.69) is 21.2 Å². The van der Waals surface area contributed by atoms with Gasteiger partial charge in [-0.2, -0.15) is 0 Å². The zero-order valence-electron chi connectivity index (χ0n) is 11.9. The van der Waals surface area contributed by atoms with Crippen LogP contribution in [-0.2, 0) is 16.1 Å². The van der Waals surface area contributed by atoms with E-state index in [9.17, 15) is 14.0 Å². The van der Waals surface area contributed by atoms with E-state index in [4.69, 9.17) is 5.11 Å². The van der Waals surface area contributed by atoms with Gasteiger partial charge in [-0.1, -0.05) is 6.07 Å². The molecule has 0 aliphatic carbocycles. The third-order valence-electron chi connectivity index (χ3n) is 3.05. The normalized spacial score (nSPS) is 12.2. The van der Waals surface area contributed by atoms with Crippen molar-refractivity contribution in [3.8, 4) is 0 Å². The molecule has 0 aliphatic rings. The molecular formula is C14H18BrFN2O3. The summed E-state index contributed by atoms with van der Waals surface area (Å²) < 4.78 is 13.6. The molecule has 116 valence electrons. The average molecular weight is 361 g/mol. The van der Waals surface area contributed by atoms with Gasteiger partial charge in [-0.15, -0.1) is 0 Å². The molecule has 0 heterocycles. The van der Waals surface area contributed by atoms with E-state index < -0.39 is 12.0 Å². The number of benzene rings is 1. The Labute approximate surface area is 131 Å². The first-order valence-electron chi connectivity index (χ1n) is 6.46. The van der Waals surface area contributed by atoms with Crippen LogP contribution in [0.1, 0.15) is 19.4 Å². The van der Waals surface area contributed by atoms with Gasteiger partial charge >= 0.3 is 5.97 Å². The first kappa shape index (κ1) is 17.6. The number of nitrogens with zero attached hydrogens (tertiary/aromatic N) is 1. The maximum absolute atomic E-state index is 13.2. The van der Waals surface area contributed by atoms with E-state index in [0.29, 0.717) is 24.1 Å². The molecule has 2 N–H and O–H groups in total. The number of nitrogens with one attached hydrogen (secondary N) is 1. The van der Waals surface area contributed by atoms with Crippen molar-refractivity contribution in [2.45, 2.75) is 26.4 Å². The van der Waals surface area contributed by atoms with E-state index in [1.54, 1.807) is 24.0 Å². The monoisotopic (exact) mass is 360 g/mol. The molecule has 0 bridgehead atoms. The highest BCUT2D eigenvalue weighted by atomic mass is 79.9. The van der Waals surface area contributed by atoms with Crippen LogP contribution in [0.25, 0.3) is 0 Å². The highest BCUT2D eigenvalue weighted by Crippen LogP contribution is 2.18. The van der Waals surface area contributed by atoms with E-state index in [1.165, 1.54) is 13.0 Å². The van der Waals surface area contributed by atoms with Crippen LogP contribution in [0.15, 0.2) is 22.7 Å². The number of hydrogen-bond acceptors (Lipinski definition) is 3. The smallest absolute Gasteiger partial charge is 0.320 e. The number of rotatable bonds is 7. The number of carbonyl (C=O) groups excluding carboxylic acids is 1. The lowest BCUT2D eigenvalue weighted by atomic mass is 10.1. The van der Waals surface area contributed by atoms with E-state index in [0.717, 1.165) is 5.56 Å². The summed E-state index contributed by atoms with van der Waals surface area (Å²) in [5, 5.41) is 11.8. The number of carboxylic acids is 1. The second-order valence-corrected chi connectivity index (χ2v) is 5.57. The molecule has 1 aromatic carbocycles. The number of halogens is 2. The van der Waals surface area contributed by atoms with Crippen LogP contribution in [0.2, 0.25) is 0 Å². The minimum atomic E-state index is -0.945. The molecule has 21 heavy (non-hydrogen) atoms. The van der Waals surface area contributed by atoms with E-state index in [1.807, 2.05) is 0 Å². The second-order valence-electron chi connectivity index (χ2n) is 4.72. The summed E-state index contributed by atoms with van der Waals surface area (Å²) in [6, 6.07) is 3.86. The quantitative estimate of drug-likeness (QED) is 0.780. The van der Waals surface area contributed by atoms with Crippen LogP contribution < -0.4 is 5.32 Å². The maximum Gasteiger partial charge on any atom is 0.320 e. The molecule has 0 spiro atoms. The molecule has 1 atom stereocenters. The van der Waals surface area contributed by atoms with Gasteiger partial charge in [0.1, 0.15) is 11.9 Å². The fourth-order valence-electron chi connectivity index (χ4n) is 1.81. The molecule has 5 nitrogen and oxygen atoms in total. The van der Waals surface area contributed by atoms with Gasteiger partial charge in [0.25, 0.3) is 0 Å². The van der Waals surface area contributed by atoms with Crippen molar-refractivity contribution in [1.29, 1.82) is 0 Å². The molecule has 1 unspecified atom stereocenters. The summed E-state index contributed by atoms with van der Waals surface area (Å²) in [5.74, 6) is -1.48. The Morgan fingerprint density at radius 2 is 2.14 bits per heavy atom. The molecule has 0 fully saturated rings. The summed E-state index contributed by atoms with van der Waals surface area (Å²) in [4.78, 5) is 23.7. The summed E-state index contributed by atoms with van der Waals surface area (Å²) in [5.41, 5.74) is 0.791. The molecule has 0 aliphatic heterocycles. The van der Waals surface area contributed by atoms with Gasteiger partial charge in [-0.05, 0) is 40.5 Å². The van der Waals surface area contributed by atoms with Crippen molar-refractivity contribution in [2.75, 3.05) is 13.1 Å². The first-order chi connectivity index (χ1) is 9.81. The Hall–Kier alpha value is -1.47. The molecule has 1 rings (SSSR count). The van der Waals surface area contributed by atoms with E-state index in [-0.39, 0.29) is 11.7 Å². The van der Waals surface area contributed by atoms with Crippen molar-refractivity contribution >= 4 is 27.8 Å². The Balaban J connectivity index is 2.77. The second kappa shape index (κ2) is 8.09. The zero-order chi connectivity index (χ0) is 16.0. The summed E-state index contributed by atoms with van der Waals surface area (Å²) in [7, 11) is 0. The minimum Gasteiger partial charge on any atom is -0.480 e. The molecule has 1 amide bonds. The maximum atomic E-state index is 13.2. The lowest BCUT2D eigenvalue weighted by Gasteiger charge is -2.26. The highest BCUT2D eigenvalue weighted by Gasteiger charge is 2.20. The first-order valence-corrected chi connectivity index (χ1v) is 7.25. The SMILES string of the molecule is CC(=O)NCCN(Cc1ccc(F)c(Br)c1)C(C)C(=O)O. The number of aliphatic carboxylic acids is 1. The number of hydrogen-bond donors (Lipinski definition) is 2. The largest absolute Gasteiger partial charge is 0.480 e. The minimum absolute atomic E-state index is 0.164. The fraction of sp³-hybridized carbons (Fsp3) is 0.429. The van der Waals surface area contributed by atoms with E-state index >= 15 is 0 Å². The van der Waals surface area contributed by atoms with Gasteiger partial charge in [0, 0.05) is 26.6 Å². The molecule has 0 saturated heterocycles. The summed E-state index contributed by atoms with van der Waals surface area (Å²) >= 11 is 3.11. The third kappa shape index (κ3) is 5.81. The van der Waals surface area contributed by atoms with Crippen molar-refractivity contribution in [1.82, 2.24) is 10.2 Å². The van der Waals surface area contributed by atoms with Crippen molar-refractivity contribution in [3.05, 3.63) is 34.1 Å². The van der Waals surface area contributed by atoms with Crippen LogP contribution in [0.3, 0.4) is 0 Å². The molecule has 0 radical (unpaired) electrons. The van der Waals surface area contributed by atoms with Gasteiger partial charge in [-0.3, -0.25) is 14.5 Å². The number of carbonyl (C=O) groups is 2. The van der Waals surface area contributed by atoms with Crippen molar-refractivity contribution < 1.29 is 19.1 Å². The molecular weight excluding hydrogens is 343 g/mol. The Morgan fingerprint density at radius 3 is 2.67 bits per heavy atom. The van der Waals surface area contributed by atoms with Gasteiger partial charge in [-0.25, -0.2) is 4.39 Å². The van der Waals surface area contributed by atoms with Crippen LogP contribution in [0.4, 0.5) is 4.39 Å². The van der Waals surface area contributed by atoms with Crippen LogP contribution >= 0.6 is 15.9 Å². The average Bonchev–Trinajstić information content (AvgIpc) is 2.40. The van der Waals surface area contributed by atoms with Crippen molar-refractivity contribution in [3.63, 3.8) is 0 Å². The Kier molecular flexibility index (Phi) is 6.77. The van der Waals surface area contributed by atoms with Crippen molar-refractivity contribution in [2.24, 2.45) is 0 Å². The number of amides is 1. The van der Waals surface area contributed by atoms with Gasteiger partial charge in [0.05, 0.1) is 4.47 Å². The molecule has 0 saturated carbocycles. The Morgan fingerprint density at radius 1 is 1.48 bits per heavy atom. The predicted molar refractivity (Wildman–Crippen MR) is 80.3 cm³/mol. The van der Waals surface area contributed by atoms with Gasteiger partial charge < -0.3 is 10.4 Å². The van der Waals surface area contributed by atoms with Crippen LogP contribution in [0, 0.1) is 5.82 Å². The van der Waals surface area contributed by atoms with Crippen LogP contribution in [-0.4, -0.2) is 41.0 Å². The predicted octanol–water partition coefficient (Wildman–Crippen LogP) is 2.00. The number of carboxylic acid groups (broad SMARTS) is 1. The topological polar surface area (TPSA) is 69.6 Å². The summed E-state index contributed by atoms with van der Waals surface area (Å²) in [6.45, 7) is 4.08. The standard InChI is InChI=1S/C14H18BrFN2O3/c1-9(14(20)21)18(6-5-17-10(2)19)8-11-3-4-13(16)12(15)7-11/h3-4,7,9H,5-6,8H2,1-2H3,(H,17,19)(H,20,21). The molecule has 7 heteroatoms. The van der Waals surface area contributed by atoms with Crippen LogP contribution in [0.5, 0.6) is 0 Å².